The van der Waals surface area contributed by atoms with E-state index in [0.717, 1.165) is 38.6 Å². The molecule has 0 aliphatic rings. The van der Waals surface area contributed by atoms with Crippen LogP contribution in [-0.2, 0) is 6.54 Å². The molecule has 0 saturated heterocycles. The summed E-state index contributed by atoms with van der Waals surface area (Å²) in [6.45, 7) is 0.448. The summed E-state index contributed by atoms with van der Waals surface area (Å²) in [5, 5.41) is 2.12. The van der Waals surface area contributed by atoms with Crippen molar-refractivity contribution < 1.29 is 4.74 Å². The highest BCUT2D eigenvalue weighted by atomic mass is 32.1. The lowest BCUT2D eigenvalue weighted by Gasteiger charge is -2.12. The molecule has 0 amide bonds. The number of rotatable bonds is 5. The second kappa shape index (κ2) is 7.76. The van der Waals surface area contributed by atoms with Crippen LogP contribution in [0.2, 0.25) is 0 Å². The van der Waals surface area contributed by atoms with Crippen molar-refractivity contribution in [3.05, 3.63) is 83.1 Å². The van der Waals surface area contributed by atoms with Crippen molar-refractivity contribution in [1.29, 1.82) is 0 Å². The molecule has 0 atom stereocenters. The summed E-state index contributed by atoms with van der Waals surface area (Å²) in [5.74, 6) is 1.60. The van der Waals surface area contributed by atoms with Crippen LogP contribution in [0.25, 0.3) is 22.3 Å². The van der Waals surface area contributed by atoms with Gasteiger partial charge in [0.2, 0.25) is 0 Å². The molecule has 5 heteroatoms. The second-order valence-corrected chi connectivity index (χ2v) is 7.40. The standard InChI is InChI=1S/C23H21N3OS/c24-13-22-23(19-12-16(25)8-11-21(19)26)20(14-28-22)15-6-9-18(10-7-15)27-17-4-2-1-3-5-17/h1-12,14H,13,24-26H2. The molecule has 0 unspecified atom stereocenters. The maximum absolute atomic E-state index is 6.25. The molecule has 4 aromatic rings. The van der Waals surface area contributed by atoms with Gasteiger partial charge < -0.3 is 21.9 Å². The van der Waals surface area contributed by atoms with Crippen molar-refractivity contribution >= 4 is 22.7 Å². The van der Waals surface area contributed by atoms with E-state index in [1.54, 1.807) is 11.3 Å². The van der Waals surface area contributed by atoms with E-state index in [0.29, 0.717) is 17.9 Å². The average molecular weight is 388 g/mol. The van der Waals surface area contributed by atoms with E-state index in [1.165, 1.54) is 0 Å². The Morgan fingerprint density at radius 1 is 0.786 bits per heavy atom. The summed E-state index contributed by atoms with van der Waals surface area (Å²) in [5.41, 5.74) is 23.8. The Labute approximate surface area is 168 Å². The van der Waals surface area contributed by atoms with E-state index >= 15 is 0 Å². The maximum Gasteiger partial charge on any atom is 0.127 e. The SMILES string of the molecule is NCc1scc(-c2ccc(Oc3ccccc3)cc2)c1-c1cc(N)ccc1N. The maximum atomic E-state index is 6.25. The van der Waals surface area contributed by atoms with Crippen molar-refractivity contribution in [2.45, 2.75) is 6.54 Å². The van der Waals surface area contributed by atoms with Gasteiger partial charge in [0.25, 0.3) is 0 Å². The van der Waals surface area contributed by atoms with Gasteiger partial charge in [-0.25, -0.2) is 0 Å². The molecular formula is C23H21N3OS. The first-order valence-corrected chi connectivity index (χ1v) is 9.83. The Morgan fingerprint density at radius 3 is 2.21 bits per heavy atom. The van der Waals surface area contributed by atoms with Gasteiger partial charge in [0, 0.05) is 39.5 Å². The van der Waals surface area contributed by atoms with Gasteiger partial charge in [-0.05, 0) is 53.4 Å². The lowest BCUT2D eigenvalue weighted by molar-refractivity contribution is 0.483. The van der Waals surface area contributed by atoms with E-state index in [1.807, 2.05) is 72.8 Å². The number of benzene rings is 3. The van der Waals surface area contributed by atoms with Gasteiger partial charge in [0.1, 0.15) is 11.5 Å². The molecule has 0 radical (unpaired) electrons. The fraction of sp³-hybridized carbons (Fsp3) is 0.0435. The fourth-order valence-electron chi connectivity index (χ4n) is 3.17. The number of hydrogen-bond donors (Lipinski definition) is 3. The highest BCUT2D eigenvalue weighted by molar-refractivity contribution is 7.11. The Morgan fingerprint density at radius 2 is 1.50 bits per heavy atom. The summed E-state index contributed by atoms with van der Waals surface area (Å²) in [6, 6.07) is 23.3. The normalized spacial score (nSPS) is 10.8. The minimum atomic E-state index is 0.448. The molecule has 0 saturated carbocycles. The predicted molar refractivity (Wildman–Crippen MR) is 118 cm³/mol. The van der Waals surface area contributed by atoms with E-state index in [4.69, 9.17) is 21.9 Å². The summed E-state index contributed by atoms with van der Waals surface area (Å²) in [6.07, 6.45) is 0. The summed E-state index contributed by atoms with van der Waals surface area (Å²) in [7, 11) is 0. The first kappa shape index (κ1) is 18.1. The van der Waals surface area contributed by atoms with Gasteiger partial charge in [0.05, 0.1) is 0 Å². The summed E-state index contributed by atoms with van der Waals surface area (Å²) in [4.78, 5) is 1.08. The Balaban J connectivity index is 1.72. The number of nitrogens with two attached hydrogens (primary N) is 3. The topological polar surface area (TPSA) is 87.3 Å². The van der Waals surface area contributed by atoms with Crippen molar-refractivity contribution in [1.82, 2.24) is 0 Å². The highest BCUT2D eigenvalue weighted by Gasteiger charge is 2.17. The van der Waals surface area contributed by atoms with Gasteiger partial charge in [-0.1, -0.05) is 30.3 Å². The fourth-order valence-corrected chi connectivity index (χ4v) is 4.12. The van der Waals surface area contributed by atoms with E-state index in [2.05, 4.69) is 5.38 Å². The monoisotopic (exact) mass is 387 g/mol. The largest absolute Gasteiger partial charge is 0.457 e. The van der Waals surface area contributed by atoms with Crippen LogP contribution in [0, 0.1) is 0 Å². The second-order valence-electron chi connectivity index (χ2n) is 6.44. The molecule has 0 aliphatic heterocycles. The van der Waals surface area contributed by atoms with E-state index < -0.39 is 0 Å². The highest BCUT2D eigenvalue weighted by Crippen LogP contribution is 2.42. The molecule has 1 heterocycles. The van der Waals surface area contributed by atoms with Gasteiger partial charge in [-0.2, -0.15) is 0 Å². The van der Waals surface area contributed by atoms with Gasteiger partial charge in [0.15, 0.2) is 0 Å². The lowest BCUT2D eigenvalue weighted by Crippen LogP contribution is -1.99. The first-order valence-electron chi connectivity index (χ1n) is 8.95. The number of thiophene rings is 1. The van der Waals surface area contributed by atoms with Crippen LogP contribution in [0.3, 0.4) is 0 Å². The number of nitrogen functional groups attached to an aromatic ring is 2. The molecule has 3 aromatic carbocycles. The van der Waals surface area contributed by atoms with Gasteiger partial charge in [-0.15, -0.1) is 11.3 Å². The average Bonchev–Trinajstić information content (AvgIpc) is 3.15. The number of anilines is 2. The number of ether oxygens (including phenoxy) is 1. The number of hydrogen-bond acceptors (Lipinski definition) is 5. The van der Waals surface area contributed by atoms with E-state index in [-0.39, 0.29) is 0 Å². The quantitative estimate of drug-likeness (QED) is 0.395. The summed E-state index contributed by atoms with van der Waals surface area (Å²) < 4.78 is 5.89. The van der Waals surface area contributed by atoms with Gasteiger partial charge >= 0.3 is 0 Å². The zero-order valence-electron chi connectivity index (χ0n) is 15.3. The Hall–Kier alpha value is -3.28. The molecular weight excluding hydrogens is 366 g/mol. The van der Waals surface area contributed by atoms with Gasteiger partial charge in [-0.3, -0.25) is 0 Å². The van der Waals surface area contributed by atoms with Crippen molar-refractivity contribution in [3.63, 3.8) is 0 Å². The zero-order valence-corrected chi connectivity index (χ0v) is 16.1. The first-order chi connectivity index (χ1) is 13.7. The predicted octanol–water partition coefficient (Wildman–Crippen LogP) is 5.50. The van der Waals surface area contributed by atoms with Crippen LogP contribution in [0.1, 0.15) is 4.88 Å². The molecule has 140 valence electrons. The minimum absolute atomic E-state index is 0.448. The molecule has 1 aromatic heterocycles. The molecule has 0 spiro atoms. The van der Waals surface area contributed by atoms with Crippen LogP contribution in [-0.4, -0.2) is 0 Å². The molecule has 6 N–H and O–H groups in total. The van der Waals surface area contributed by atoms with Crippen LogP contribution in [0.5, 0.6) is 11.5 Å². The van der Waals surface area contributed by atoms with Crippen LogP contribution >= 0.6 is 11.3 Å². The lowest BCUT2D eigenvalue weighted by atomic mass is 9.95. The minimum Gasteiger partial charge on any atom is -0.457 e. The molecule has 0 aliphatic carbocycles. The third kappa shape index (κ3) is 3.58. The third-order valence-corrected chi connectivity index (χ3v) is 5.55. The van der Waals surface area contributed by atoms with E-state index in [9.17, 15) is 0 Å². The molecule has 0 fully saturated rings. The van der Waals surface area contributed by atoms with Crippen molar-refractivity contribution in [2.75, 3.05) is 11.5 Å². The van der Waals surface area contributed by atoms with Crippen LogP contribution in [0.15, 0.2) is 78.2 Å². The summed E-state index contributed by atoms with van der Waals surface area (Å²) >= 11 is 1.63. The molecule has 4 nitrogen and oxygen atoms in total. The zero-order chi connectivity index (χ0) is 19.5. The molecule has 0 bridgehead atoms. The van der Waals surface area contributed by atoms with Crippen molar-refractivity contribution in [2.24, 2.45) is 5.73 Å². The van der Waals surface area contributed by atoms with Crippen molar-refractivity contribution in [3.8, 4) is 33.8 Å². The Bertz CT molecular complexity index is 1090. The smallest absolute Gasteiger partial charge is 0.127 e. The third-order valence-electron chi connectivity index (χ3n) is 4.54. The molecule has 28 heavy (non-hydrogen) atoms. The molecule has 4 rings (SSSR count). The van der Waals surface area contributed by atoms with Crippen LogP contribution in [0.4, 0.5) is 11.4 Å². The Kier molecular flexibility index (Phi) is 5.02. The van der Waals surface area contributed by atoms with Crippen LogP contribution < -0.4 is 21.9 Å². The number of para-hydroxylation sites is 1.